The molecule has 0 radical (unpaired) electrons. The molecule has 10 heteroatoms. The van der Waals surface area contributed by atoms with Crippen molar-refractivity contribution in [3.05, 3.63) is 75.8 Å². The van der Waals surface area contributed by atoms with Crippen molar-refractivity contribution in [1.29, 1.82) is 0 Å². The van der Waals surface area contributed by atoms with E-state index in [4.69, 9.17) is 5.73 Å². The molecule has 6 atom stereocenters. The Morgan fingerprint density at radius 3 is 2.41 bits per heavy atom. The zero-order chi connectivity index (χ0) is 29.8. The first-order valence-electron chi connectivity index (χ1n) is 13.6. The summed E-state index contributed by atoms with van der Waals surface area (Å²) < 4.78 is 15.6. The lowest BCUT2D eigenvalue weighted by molar-refractivity contribution is -0.130. The van der Waals surface area contributed by atoms with Crippen molar-refractivity contribution in [2.75, 3.05) is 19.4 Å². The quantitative estimate of drug-likeness (QED) is 0.357. The Hall–Kier alpha value is -4.18. The summed E-state index contributed by atoms with van der Waals surface area (Å²) >= 11 is 0. The molecule has 0 aliphatic heterocycles. The molecule has 0 aromatic heterocycles. The molecule has 2 fully saturated rings. The van der Waals surface area contributed by atoms with Crippen LogP contribution in [0.3, 0.4) is 0 Å². The summed E-state index contributed by atoms with van der Waals surface area (Å²) in [7, 11) is 3.49. The van der Waals surface area contributed by atoms with Crippen molar-refractivity contribution in [2.45, 2.75) is 32.7 Å². The van der Waals surface area contributed by atoms with Gasteiger partial charge in [0, 0.05) is 28.2 Å². The molecule has 41 heavy (non-hydrogen) atoms. The number of halogens is 1. The molecule has 2 saturated carbocycles. The first kappa shape index (κ1) is 27.0. The minimum absolute atomic E-state index is 0.0165. The Bertz CT molecular complexity index is 1620. The van der Waals surface area contributed by atoms with E-state index in [1.165, 1.54) is 0 Å². The average molecular weight is 562 g/mol. The molecule has 2 amide bonds. The second-order valence-electron chi connectivity index (χ2n) is 12.1. The van der Waals surface area contributed by atoms with Crippen LogP contribution in [0.2, 0.25) is 0 Å². The summed E-state index contributed by atoms with van der Waals surface area (Å²) in [4.78, 5) is 41.7. The van der Waals surface area contributed by atoms with Crippen LogP contribution in [0.15, 0.2) is 53.3 Å². The van der Waals surface area contributed by atoms with Crippen LogP contribution in [0.25, 0.3) is 5.76 Å². The highest BCUT2D eigenvalue weighted by atomic mass is 19.1. The third-order valence-electron chi connectivity index (χ3n) is 10.3. The highest BCUT2D eigenvalue weighted by molar-refractivity contribution is 6.13. The van der Waals surface area contributed by atoms with E-state index >= 15 is 4.39 Å². The Balaban J connectivity index is 1.49. The summed E-state index contributed by atoms with van der Waals surface area (Å²) in [6, 6.07) is 8.52. The van der Waals surface area contributed by atoms with Crippen molar-refractivity contribution in [2.24, 2.45) is 34.3 Å². The van der Waals surface area contributed by atoms with Gasteiger partial charge in [-0.05, 0) is 56.8 Å². The van der Waals surface area contributed by atoms with Gasteiger partial charge in [-0.15, -0.1) is 0 Å². The Morgan fingerprint density at radius 2 is 1.80 bits per heavy atom. The van der Waals surface area contributed by atoms with Gasteiger partial charge in [0.05, 0.1) is 28.3 Å². The minimum Gasteiger partial charge on any atom is -0.510 e. The number of phenolic OH excluding ortho intramolecular Hbond substituents is 1. The number of benzene rings is 2. The van der Waals surface area contributed by atoms with Crippen molar-refractivity contribution < 1.29 is 34.1 Å². The standard InChI is InChI=1S/C31H32FN3O6/c1-13-30(2)22(28(33)40)26(38)23(35(3)4)17-11-15-10-16-18(32)12-19(34-29(41)14-8-6-5-7-9-14)24(36)21(16)25(37)20(15)27(39)31(13,17)30/h5-9,12-13,15,17,23,36-38H,10-11H2,1-4H3,(H2,33,40)(H,34,41)/t13?,15-,17-,23-,30+,31+/m0/s1. The maximum Gasteiger partial charge on any atom is 0.255 e. The zero-order valence-electron chi connectivity index (χ0n) is 23.2. The first-order chi connectivity index (χ1) is 19.3. The van der Waals surface area contributed by atoms with Crippen molar-refractivity contribution in [3.63, 3.8) is 0 Å². The highest BCUT2D eigenvalue weighted by Gasteiger charge is 2.85. The Kier molecular flexibility index (Phi) is 5.70. The number of carbonyl (C=O) groups is 3. The predicted octanol–water partition coefficient (Wildman–Crippen LogP) is 3.70. The van der Waals surface area contributed by atoms with E-state index in [1.54, 1.807) is 56.3 Å². The third kappa shape index (κ3) is 3.22. The van der Waals surface area contributed by atoms with Gasteiger partial charge in [0.15, 0.2) is 11.5 Å². The number of rotatable bonds is 4. The number of nitrogens with one attached hydrogen (secondary N) is 1. The lowest BCUT2D eigenvalue weighted by atomic mass is 9.56. The van der Waals surface area contributed by atoms with Gasteiger partial charge in [-0.2, -0.15) is 0 Å². The molecule has 4 aliphatic carbocycles. The van der Waals surface area contributed by atoms with E-state index < -0.39 is 63.6 Å². The number of amides is 2. The number of allylic oxidation sites excluding steroid dienone is 1. The molecule has 1 spiro atoms. The zero-order valence-corrected chi connectivity index (χ0v) is 23.2. The van der Waals surface area contributed by atoms with E-state index in [0.717, 1.165) is 6.07 Å². The number of aliphatic hydroxyl groups is 2. The molecule has 6 rings (SSSR count). The van der Waals surface area contributed by atoms with Crippen molar-refractivity contribution >= 4 is 29.0 Å². The van der Waals surface area contributed by atoms with E-state index in [0.29, 0.717) is 6.42 Å². The number of hydrogen-bond acceptors (Lipinski definition) is 7. The molecule has 0 bridgehead atoms. The number of ketones is 1. The summed E-state index contributed by atoms with van der Waals surface area (Å²) in [6.07, 6.45) is 0.355. The van der Waals surface area contributed by atoms with E-state index in [1.807, 2.05) is 6.92 Å². The molecule has 0 saturated heterocycles. The SMILES string of the molecule is CC1[C@]2(C)C(C(N)=O)=C(O)[C@@H](N(C)C)[C@@H]3C[C@@H]4Cc5c(F)cc(NC(=O)c6ccccc6)c(O)c5C(O)=C4C(=O)[C@@]132. The van der Waals surface area contributed by atoms with Crippen LogP contribution in [0.4, 0.5) is 10.1 Å². The molecule has 2 aromatic carbocycles. The number of hydrogen-bond donors (Lipinski definition) is 5. The Labute approximate surface area is 236 Å². The number of carbonyl (C=O) groups excluding carboxylic acids is 3. The lowest BCUT2D eigenvalue weighted by Gasteiger charge is -2.49. The largest absolute Gasteiger partial charge is 0.510 e. The molecule has 9 nitrogen and oxygen atoms in total. The van der Waals surface area contributed by atoms with E-state index in [-0.39, 0.29) is 51.6 Å². The predicted molar refractivity (Wildman–Crippen MR) is 148 cm³/mol. The topological polar surface area (TPSA) is 153 Å². The number of nitrogens with zero attached hydrogens (tertiary/aromatic N) is 1. The molecule has 2 aromatic rings. The fraction of sp³-hybridized carbons (Fsp3) is 0.387. The van der Waals surface area contributed by atoms with Gasteiger partial charge >= 0.3 is 0 Å². The van der Waals surface area contributed by atoms with Gasteiger partial charge in [0.2, 0.25) is 5.91 Å². The molecule has 1 unspecified atom stereocenters. The lowest BCUT2D eigenvalue weighted by Crippen LogP contribution is -2.55. The fourth-order valence-electron chi connectivity index (χ4n) is 8.47. The van der Waals surface area contributed by atoms with Crippen LogP contribution in [-0.2, 0) is 16.0 Å². The van der Waals surface area contributed by atoms with E-state index in [9.17, 15) is 29.7 Å². The molecular weight excluding hydrogens is 529 g/mol. The summed E-state index contributed by atoms with van der Waals surface area (Å²) in [5.41, 5.74) is 3.49. The van der Waals surface area contributed by atoms with Crippen LogP contribution in [0.5, 0.6) is 5.75 Å². The van der Waals surface area contributed by atoms with Crippen LogP contribution >= 0.6 is 0 Å². The molecule has 4 aliphatic rings. The number of nitrogens with two attached hydrogens (primary N) is 1. The number of Topliss-reactive ketones (excluding diaryl/α,β-unsaturated/α-hetero) is 1. The first-order valence-corrected chi connectivity index (χ1v) is 13.6. The second-order valence-corrected chi connectivity index (χ2v) is 12.1. The molecular formula is C31H32FN3O6. The number of aliphatic hydroxyl groups excluding tert-OH is 2. The van der Waals surface area contributed by atoms with Gasteiger partial charge in [0.1, 0.15) is 17.3 Å². The monoisotopic (exact) mass is 561 g/mol. The highest BCUT2D eigenvalue weighted by Crippen LogP contribution is 2.82. The maximum atomic E-state index is 15.6. The van der Waals surface area contributed by atoms with Crippen LogP contribution in [0.1, 0.15) is 41.8 Å². The van der Waals surface area contributed by atoms with Crippen molar-refractivity contribution in [1.82, 2.24) is 4.90 Å². The normalized spacial score (nSPS) is 31.7. The van der Waals surface area contributed by atoms with E-state index in [2.05, 4.69) is 5.32 Å². The number of anilines is 1. The molecule has 214 valence electrons. The van der Waals surface area contributed by atoms with Crippen molar-refractivity contribution in [3.8, 4) is 5.75 Å². The van der Waals surface area contributed by atoms with Gasteiger partial charge in [-0.1, -0.05) is 32.0 Å². The number of aromatic hydroxyl groups is 1. The van der Waals surface area contributed by atoms with Gasteiger partial charge in [0.25, 0.3) is 5.91 Å². The second kappa shape index (κ2) is 8.66. The average Bonchev–Trinajstić information content (AvgIpc) is 3.41. The summed E-state index contributed by atoms with van der Waals surface area (Å²) in [5, 5.41) is 36.5. The Morgan fingerprint density at radius 1 is 1.15 bits per heavy atom. The van der Waals surface area contributed by atoms with Crippen LogP contribution in [0, 0.1) is 34.4 Å². The minimum atomic E-state index is -1.14. The fourth-order valence-corrected chi connectivity index (χ4v) is 8.47. The molecule has 6 N–H and O–H groups in total. The summed E-state index contributed by atoms with van der Waals surface area (Å²) in [5.74, 6) is -5.17. The maximum absolute atomic E-state index is 15.6. The third-order valence-corrected chi connectivity index (χ3v) is 10.3. The molecule has 0 heterocycles. The van der Waals surface area contributed by atoms with Crippen LogP contribution in [-0.4, -0.2) is 58.0 Å². The van der Waals surface area contributed by atoms with Gasteiger partial charge < -0.3 is 26.4 Å². The summed E-state index contributed by atoms with van der Waals surface area (Å²) in [6.45, 7) is 3.58. The van der Waals surface area contributed by atoms with Gasteiger partial charge in [-0.3, -0.25) is 19.3 Å². The number of likely N-dealkylation sites (N-methyl/N-ethyl adjacent to an activating group) is 1. The smallest absolute Gasteiger partial charge is 0.255 e. The number of primary amides is 1. The van der Waals surface area contributed by atoms with Crippen LogP contribution < -0.4 is 11.1 Å². The number of phenols is 1. The van der Waals surface area contributed by atoms with Gasteiger partial charge in [-0.25, -0.2) is 4.39 Å². The number of fused-ring (bicyclic) bond motifs is 2.